The summed E-state index contributed by atoms with van der Waals surface area (Å²) >= 11 is 0. The van der Waals surface area contributed by atoms with Gasteiger partial charge in [0.15, 0.2) is 5.82 Å². The monoisotopic (exact) mass is 358 g/mol. The molecule has 1 aromatic carbocycles. The molecular formula is C20H18N6O. The molecule has 3 heterocycles. The Morgan fingerprint density at radius 1 is 0.963 bits per heavy atom. The van der Waals surface area contributed by atoms with Crippen LogP contribution in [-0.2, 0) is 17.8 Å². The fourth-order valence-corrected chi connectivity index (χ4v) is 2.81. The predicted molar refractivity (Wildman–Crippen MR) is 104 cm³/mol. The lowest BCUT2D eigenvalue weighted by atomic mass is 10.1. The van der Waals surface area contributed by atoms with Crippen LogP contribution in [0.3, 0.4) is 0 Å². The summed E-state index contributed by atoms with van der Waals surface area (Å²) in [6, 6.07) is 17.1. The number of carbonyl (C=O) groups is 1. The van der Waals surface area contributed by atoms with E-state index in [-0.39, 0.29) is 12.3 Å². The molecule has 4 rings (SSSR count). The number of aromatic amines is 1. The lowest BCUT2D eigenvalue weighted by Gasteiger charge is -2.06. The van der Waals surface area contributed by atoms with E-state index in [0.29, 0.717) is 18.2 Å². The summed E-state index contributed by atoms with van der Waals surface area (Å²) in [5.41, 5.74) is 2.88. The van der Waals surface area contributed by atoms with Crippen LogP contribution in [0.4, 0.5) is 11.6 Å². The SMILES string of the molecule is O=C(Cc1c[nH]c2ccccc12)Nc1ccc(NCc2ccccn2)nn1. The number of rotatable bonds is 6. The summed E-state index contributed by atoms with van der Waals surface area (Å²) in [6.07, 6.45) is 3.88. The van der Waals surface area contributed by atoms with Crippen LogP contribution in [0.15, 0.2) is 67.0 Å². The summed E-state index contributed by atoms with van der Waals surface area (Å²) in [6.45, 7) is 0.557. The average molecular weight is 358 g/mol. The molecular weight excluding hydrogens is 340 g/mol. The number of para-hydroxylation sites is 1. The minimum absolute atomic E-state index is 0.136. The number of carbonyl (C=O) groups excluding carboxylic acids is 1. The maximum atomic E-state index is 12.3. The highest BCUT2D eigenvalue weighted by Crippen LogP contribution is 2.18. The van der Waals surface area contributed by atoms with Crippen molar-refractivity contribution in [1.29, 1.82) is 0 Å². The molecule has 0 aliphatic rings. The molecule has 7 nitrogen and oxygen atoms in total. The van der Waals surface area contributed by atoms with Gasteiger partial charge in [0.25, 0.3) is 0 Å². The average Bonchev–Trinajstić information content (AvgIpc) is 3.11. The Morgan fingerprint density at radius 3 is 2.59 bits per heavy atom. The van der Waals surface area contributed by atoms with Crippen molar-refractivity contribution in [3.05, 3.63) is 78.2 Å². The summed E-state index contributed by atoms with van der Waals surface area (Å²) in [7, 11) is 0. The van der Waals surface area contributed by atoms with Crippen LogP contribution in [0.2, 0.25) is 0 Å². The molecule has 1 amide bonds. The largest absolute Gasteiger partial charge is 0.363 e. The number of aromatic nitrogens is 4. The number of fused-ring (bicyclic) bond motifs is 1. The van der Waals surface area contributed by atoms with Gasteiger partial charge in [-0.3, -0.25) is 9.78 Å². The quantitative estimate of drug-likeness (QED) is 0.492. The van der Waals surface area contributed by atoms with E-state index in [0.717, 1.165) is 22.2 Å². The van der Waals surface area contributed by atoms with Gasteiger partial charge in [-0.2, -0.15) is 0 Å². The van der Waals surface area contributed by atoms with Gasteiger partial charge in [0.1, 0.15) is 5.82 Å². The first-order chi connectivity index (χ1) is 13.3. The van der Waals surface area contributed by atoms with E-state index >= 15 is 0 Å². The molecule has 0 saturated heterocycles. The van der Waals surface area contributed by atoms with Crippen LogP contribution in [0.1, 0.15) is 11.3 Å². The maximum absolute atomic E-state index is 12.3. The first-order valence-electron chi connectivity index (χ1n) is 8.60. The van der Waals surface area contributed by atoms with E-state index in [2.05, 4.69) is 30.8 Å². The summed E-state index contributed by atoms with van der Waals surface area (Å²) in [5.74, 6) is 0.904. The molecule has 134 valence electrons. The molecule has 7 heteroatoms. The van der Waals surface area contributed by atoms with Crippen LogP contribution in [0.25, 0.3) is 10.9 Å². The minimum atomic E-state index is -0.136. The first-order valence-corrected chi connectivity index (χ1v) is 8.60. The van der Waals surface area contributed by atoms with Gasteiger partial charge in [-0.25, -0.2) is 0 Å². The second-order valence-corrected chi connectivity index (χ2v) is 6.06. The lowest BCUT2D eigenvalue weighted by molar-refractivity contribution is -0.115. The number of nitrogens with one attached hydrogen (secondary N) is 3. The molecule has 0 fully saturated rings. The Morgan fingerprint density at radius 2 is 1.78 bits per heavy atom. The van der Waals surface area contributed by atoms with Gasteiger partial charge in [-0.15, -0.1) is 10.2 Å². The second-order valence-electron chi connectivity index (χ2n) is 6.06. The smallest absolute Gasteiger partial charge is 0.230 e. The molecule has 0 spiro atoms. The molecule has 0 aliphatic heterocycles. The van der Waals surface area contributed by atoms with E-state index in [4.69, 9.17) is 0 Å². The van der Waals surface area contributed by atoms with Gasteiger partial charge in [-0.05, 0) is 35.9 Å². The van der Waals surface area contributed by atoms with Crippen LogP contribution in [0, 0.1) is 0 Å². The number of benzene rings is 1. The van der Waals surface area contributed by atoms with Crippen molar-refractivity contribution < 1.29 is 4.79 Å². The Kier molecular flexibility index (Phi) is 4.74. The molecule has 0 bridgehead atoms. The second kappa shape index (κ2) is 7.65. The molecule has 0 radical (unpaired) electrons. The Bertz CT molecular complexity index is 1040. The van der Waals surface area contributed by atoms with E-state index < -0.39 is 0 Å². The minimum Gasteiger partial charge on any atom is -0.363 e. The normalized spacial score (nSPS) is 10.7. The molecule has 3 N–H and O–H groups in total. The number of H-pyrrole nitrogens is 1. The van der Waals surface area contributed by atoms with Crippen molar-refractivity contribution in [2.75, 3.05) is 10.6 Å². The zero-order valence-corrected chi connectivity index (χ0v) is 14.5. The van der Waals surface area contributed by atoms with Crippen molar-refractivity contribution in [1.82, 2.24) is 20.2 Å². The molecule has 0 aliphatic carbocycles. The van der Waals surface area contributed by atoms with Gasteiger partial charge in [-0.1, -0.05) is 24.3 Å². The van der Waals surface area contributed by atoms with Crippen LogP contribution < -0.4 is 10.6 Å². The fourth-order valence-electron chi connectivity index (χ4n) is 2.81. The van der Waals surface area contributed by atoms with E-state index in [1.807, 2.05) is 48.7 Å². The van der Waals surface area contributed by atoms with Gasteiger partial charge >= 0.3 is 0 Å². The Balaban J connectivity index is 1.34. The summed E-state index contributed by atoms with van der Waals surface area (Å²) < 4.78 is 0. The molecule has 4 aromatic rings. The topological polar surface area (TPSA) is 95.6 Å². The van der Waals surface area contributed by atoms with E-state index in [9.17, 15) is 4.79 Å². The summed E-state index contributed by atoms with van der Waals surface area (Å²) in [5, 5.41) is 15.1. The number of anilines is 2. The van der Waals surface area contributed by atoms with Crippen molar-refractivity contribution >= 4 is 28.4 Å². The van der Waals surface area contributed by atoms with Crippen molar-refractivity contribution in [3.63, 3.8) is 0 Å². The maximum Gasteiger partial charge on any atom is 0.230 e. The third-order valence-corrected chi connectivity index (χ3v) is 4.13. The van der Waals surface area contributed by atoms with Crippen molar-refractivity contribution in [3.8, 4) is 0 Å². The van der Waals surface area contributed by atoms with Crippen LogP contribution >= 0.6 is 0 Å². The van der Waals surface area contributed by atoms with Crippen LogP contribution in [-0.4, -0.2) is 26.1 Å². The van der Waals surface area contributed by atoms with Crippen molar-refractivity contribution in [2.45, 2.75) is 13.0 Å². The highest BCUT2D eigenvalue weighted by atomic mass is 16.1. The van der Waals surface area contributed by atoms with E-state index in [1.54, 1.807) is 18.3 Å². The standard InChI is InChI=1S/C20H18N6O/c27-20(11-14-12-22-17-7-2-1-6-16(14)17)24-19-9-8-18(25-26-19)23-13-15-5-3-4-10-21-15/h1-10,12,22H,11,13H2,(H,23,25)(H,24,26,27). The first kappa shape index (κ1) is 16.7. The summed E-state index contributed by atoms with van der Waals surface area (Å²) in [4.78, 5) is 19.7. The number of hydrogen-bond donors (Lipinski definition) is 3. The lowest BCUT2D eigenvalue weighted by Crippen LogP contribution is -2.15. The van der Waals surface area contributed by atoms with Gasteiger partial charge in [0.2, 0.25) is 5.91 Å². The fraction of sp³-hybridized carbons (Fsp3) is 0.100. The number of amides is 1. The van der Waals surface area contributed by atoms with Gasteiger partial charge < -0.3 is 15.6 Å². The predicted octanol–water partition coefficient (Wildman–Crippen LogP) is 3.15. The van der Waals surface area contributed by atoms with Gasteiger partial charge in [0.05, 0.1) is 18.7 Å². The van der Waals surface area contributed by atoms with E-state index in [1.165, 1.54) is 0 Å². The molecule has 27 heavy (non-hydrogen) atoms. The zero-order chi connectivity index (χ0) is 18.5. The third-order valence-electron chi connectivity index (χ3n) is 4.13. The molecule has 0 unspecified atom stereocenters. The van der Waals surface area contributed by atoms with Crippen LogP contribution in [0.5, 0.6) is 0 Å². The van der Waals surface area contributed by atoms with Gasteiger partial charge in [0, 0.05) is 23.3 Å². The zero-order valence-electron chi connectivity index (χ0n) is 14.5. The highest BCUT2D eigenvalue weighted by Gasteiger charge is 2.09. The number of hydrogen-bond acceptors (Lipinski definition) is 5. The highest BCUT2D eigenvalue weighted by molar-refractivity contribution is 5.95. The Hall–Kier alpha value is -3.74. The van der Waals surface area contributed by atoms with Crippen molar-refractivity contribution in [2.24, 2.45) is 0 Å². The Labute approximate surface area is 155 Å². The molecule has 3 aromatic heterocycles. The number of nitrogens with zero attached hydrogens (tertiary/aromatic N) is 3. The third kappa shape index (κ3) is 4.09. The molecule has 0 atom stereocenters. The number of pyridine rings is 1. The molecule has 0 saturated carbocycles.